The van der Waals surface area contributed by atoms with Gasteiger partial charge in [-0.3, -0.25) is 0 Å². The van der Waals surface area contributed by atoms with Gasteiger partial charge in [0, 0.05) is 12.5 Å². The summed E-state index contributed by atoms with van der Waals surface area (Å²) in [6, 6.07) is 37.0. The molecule has 1 heterocycles. The Balaban J connectivity index is 0.997. The van der Waals surface area contributed by atoms with Gasteiger partial charge in [0.2, 0.25) is 0 Å². The van der Waals surface area contributed by atoms with E-state index in [1.807, 2.05) is 6.07 Å². The number of ether oxygens (including phenoxy) is 4. The van der Waals surface area contributed by atoms with Gasteiger partial charge in [0.1, 0.15) is 18.1 Å². The standard InChI is InChI=1S/C40H44O4/c1-3-9-29(10-4-1)27-43-36-19-21-38-33(26-36)16-20-37(30-11-5-2-6-12-30)40(38)31-14-17-35(18-15-31)44-28-34-25-32(34)22-24-42-39-13-7-8-23-41-39/h1-6,9-12,14-15,17-19,21,26,32,34,37,39-40H,7-8,13,16,20,22-25,27-28H2/t32-,34?,37?,39?,40?/m1/s1. The van der Waals surface area contributed by atoms with Crippen LogP contribution >= 0.6 is 0 Å². The smallest absolute Gasteiger partial charge is 0.157 e. The minimum Gasteiger partial charge on any atom is -0.493 e. The third kappa shape index (κ3) is 7.20. The number of hydrogen-bond acceptors (Lipinski definition) is 4. The molecule has 5 atom stereocenters. The molecule has 0 bridgehead atoms. The second kappa shape index (κ2) is 14.0. The van der Waals surface area contributed by atoms with Crippen molar-refractivity contribution in [3.05, 3.63) is 131 Å². The Morgan fingerprint density at radius 1 is 0.705 bits per heavy atom. The summed E-state index contributed by atoms with van der Waals surface area (Å²) >= 11 is 0. The third-order valence-corrected chi connectivity index (χ3v) is 9.76. The normalized spacial score (nSPS) is 24.3. The highest BCUT2D eigenvalue weighted by atomic mass is 16.7. The van der Waals surface area contributed by atoms with E-state index in [-0.39, 0.29) is 6.29 Å². The second-order valence-corrected chi connectivity index (χ2v) is 12.8. The van der Waals surface area contributed by atoms with Crippen LogP contribution in [0.5, 0.6) is 11.5 Å². The zero-order valence-corrected chi connectivity index (χ0v) is 25.6. The fourth-order valence-electron chi connectivity index (χ4n) is 7.13. The third-order valence-electron chi connectivity index (χ3n) is 9.76. The highest BCUT2D eigenvalue weighted by Crippen LogP contribution is 2.47. The molecule has 228 valence electrons. The van der Waals surface area contributed by atoms with Crippen molar-refractivity contribution < 1.29 is 18.9 Å². The maximum atomic E-state index is 6.28. The summed E-state index contributed by atoms with van der Waals surface area (Å²) in [5.41, 5.74) is 6.74. The first kappa shape index (κ1) is 29.1. The molecule has 1 saturated carbocycles. The Morgan fingerprint density at radius 2 is 1.50 bits per heavy atom. The van der Waals surface area contributed by atoms with E-state index in [4.69, 9.17) is 18.9 Å². The van der Waals surface area contributed by atoms with Crippen molar-refractivity contribution in [2.75, 3.05) is 19.8 Å². The summed E-state index contributed by atoms with van der Waals surface area (Å²) in [4.78, 5) is 0. The predicted octanol–water partition coefficient (Wildman–Crippen LogP) is 9.08. The fraction of sp³-hybridized carbons (Fsp3) is 0.400. The van der Waals surface area contributed by atoms with E-state index >= 15 is 0 Å². The van der Waals surface area contributed by atoms with E-state index in [9.17, 15) is 0 Å². The molecule has 0 radical (unpaired) electrons. The van der Waals surface area contributed by atoms with Gasteiger partial charge in [-0.15, -0.1) is 0 Å². The molecule has 0 aromatic heterocycles. The molecule has 0 amide bonds. The van der Waals surface area contributed by atoms with Gasteiger partial charge in [-0.2, -0.15) is 0 Å². The van der Waals surface area contributed by atoms with Gasteiger partial charge in [-0.1, -0.05) is 78.9 Å². The van der Waals surface area contributed by atoms with Crippen LogP contribution in [0.2, 0.25) is 0 Å². The highest BCUT2D eigenvalue weighted by Gasteiger charge is 2.37. The summed E-state index contributed by atoms with van der Waals surface area (Å²) in [6.07, 6.45) is 7.94. The number of aryl methyl sites for hydroxylation is 1. The van der Waals surface area contributed by atoms with Gasteiger partial charge in [0.25, 0.3) is 0 Å². The molecule has 2 aliphatic carbocycles. The van der Waals surface area contributed by atoms with Gasteiger partial charge in [0.05, 0.1) is 13.2 Å². The van der Waals surface area contributed by atoms with Crippen LogP contribution < -0.4 is 9.47 Å². The SMILES string of the molecule is c1ccc(COc2ccc3c(c2)CCC(c2ccccc2)C3c2ccc(OCC3C[C@H]3CCOC3CCCCO3)cc2)cc1. The average molecular weight is 589 g/mol. The molecule has 4 unspecified atom stereocenters. The van der Waals surface area contributed by atoms with Crippen LogP contribution in [0.1, 0.15) is 78.2 Å². The Labute approximate surface area is 262 Å². The van der Waals surface area contributed by atoms with E-state index < -0.39 is 0 Å². The van der Waals surface area contributed by atoms with Crippen LogP contribution in [0.25, 0.3) is 0 Å². The van der Waals surface area contributed by atoms with E-state index in [0.29, 0.717) is 30.3 Å². The topological polar surface area (TPSA) is 36.9 Å². The lowest BCUT2D eigenvalue weighted by atomic mass is 9.69. The van der Waals surface area contributed by atoms with Crippen molar-refractivity contribution in [2.24, 2.45) is 11.8 Å². The lowest BCUT2D eigenvalue weighted by Gasteiger charge is -2.35. The van der Waals surface area contributed by atoms with Gasteiger partial charge in [-0.25, -0.2) is 0 Å². The van der Waals surface area contributed by atoms with Gasteiger partial charge in [-0.05, 0) is 115 Å². The van der Waals surface area contributed by atoms with E-state index in [0.717, 1.165) is 63.4 Å². The van der Waals surface area contributed by atoms with Crippen molar-refractivity contribution in [3.63, 3.8) is 0 Å². The van der Waals surface area contributed by atoms with Crippen LogP contribution in [-0.2, 0) is 22.5 Å². The highest BCUT2D eigenvalue weighted by molar-refractivity contribution is 5.48. The number of rotatable bonds is 12. The Kier molecular flexibility index (Phi) is 9.27. The quantitative estimate of drug-likeness (QED) is 0.165. The molecule has 4 heteroatoms. The first-order valence-electron chi connectivity index (χ1n) is 16.6. The van der Waals surface area contributed by atoms with Crippen molar-refractivity contribution in [2.45, 2.75) is 69.7 Å². The molecule has 4 aromatic rings. The van der Waals surface area contributed by atoms with Crippen molar-refractivity contribution in [1.29, 1.82) is 0 Å². The van der Waals surface area contributed by atoms with Crippen molar-refractivity contribution in [1.82, 2.24) is 0 Å². The Hall–Kier alpha value is -3.60. The lowest BCUT2D eigenvalue weighted by molar-refractivity contribution is -0.163. The molecule has 2 fully saturated rings. The fourth-order valence-corrected chi connectivity index (χ4v) is 7.13. The molecule has 0 N–H and O–H groups in total. The summed E-state index contributed by atoms with van der Waals surface area (Å²) in [6.45, 7) is 3.01. The number of benzene rings is 4. The van der Waals surface area contributed by atoms with Crippen LogP contribution in [0.3, 0.4) is 0 Å². The number of hydrogen-bond donors (Lipinski definition) is 0. The number of fused-ring (bicyclic) bond motifs is 1. The largest absolute Gasteiger partial charge is 0.493 e. The minimum atomic E-state index is 0.0170. The molecular weight excluding hydrogens is 544 g/mol. The molecule has 1 aliphatic heterocycles. The van der Waals surface area contributed by atoms with Crippen molar-refractivity contribution >= 4 is 0 Å². The van der Waals surface area contributed by atoms with Crippen LogP contribution in [0.4, 0.5) is 0 Å². The summed E-state index contributed by atoms with van der Waals surface area (Å²) in [5.74, 6) is 3.98. The van der Waals surface area contributed by atoms with Gasteiger partial charge >= 0.3 is 0 Å². The first-order valence-corrected chi connectivity index (χ1v) is 16.6. The molecule has 3 aliphatic rings. The van der Waals surface area contributed by atoms with Crippen LogP contribution in [-0.4, -0.2) is 26.1 Å². The summed E-state index contributed by atoms with van der Waals surface area (Å²) < 4.78 is 24.1. The second-order valence-electron chi connectivity index (χ2n) is 12.8. The van der Waals surface area contributed by atoms with E-state index in [1.165, 1.54) is 40.7 Å². The minimum absolute atomic E-state index is 0.0170. The van der Waals surface area contributed by atoms with Gasteiger partial charge in [0.15, 0.2) is 6.29 Å². The molecular formula is C40H44O4. The first-order chi connectivity index (χ1) is 21.8. The average Bonchev–Trinajstić information content (AvgIpc) is 3.85. The van der Waals surface area contributed by atoms with Crippen LogP contribution in [0.15, 0.2) is 103 Å². The predicted molar refractivity (Wildman–Crippen MR) is 174 cm³/mol. The monoisotopic (exact) mass is 588 g/mol. The zero-order valence-electron chi connectivity index (χ0n) is 25.6. The molecule has 7 rings (SSSR count). The Morgan fingerprint density at radius 3 is 2.30 bits per heavy atom. The Bertz CT molecular complexity index is 1460. The molecule has 1 saturated heterocycles. The van der Waals surface area contributed by atoms with E-state index in [1.54, 1.807) is 0 Å². The van der Waals surface area contributed by atoms with Gasteiger partial charge < -0.3 is 18.9 Å². The maximum absolute atomic E-state index is 6.28. The van der Waals surface area contributed by atoms with Crippen molar-refractivity contribution in [3.8, 4) is 11.5 Å². The lowest BCUT2D eigenvalue weighted by Crippen LogP contribution is -2.22. The maximum Gasteiger partial charge on any atom is 0.157 e. The van der Waals surface area contributed by atoms with Crippen LogP contribution in [0, 0.1) is 11.8 Å². The summed E-state index contributed by atoms with van der Waals surface area (Å²) in [5, 5.41) is 0. The molecule has 4 nitrogen and oxygen atoms in total. The van der Waals surface area contributed by atoms with E-state index in [2.05, 4.69) is 97.1 Å². The molecule has 44 heavy (non-hydrogen) atoms. The molecule has 0 spiro atoms. The zero-order chi connectivity index (χ0) is 29.6. The summed E-state index contributed by atoms with van der Waals surface area (Å²) in [7, 11) is 0. The molecule has 4 aromatic carbocycles.